The maximum Gasteiger partial charge on any atom is 0.273 e. The summed E-state index contributed by atoms with van der Waals surface area (Å²) < 4.78 is 31.4. The average molecular weight is 432 g/mol. The third-order valence-electron chi connectivity index (χ3n) is 5.51. The van der Waals surface area contributed by atoms with Gasteiger partial charge < -0.3 is 9.64 Å². The van der Waals surface area contributed by atoms with Gasteiger partial charge in [0.1, 0.15) is 5.70 Å². The van der Waals surface area contributed by atoms with Crippen molar-refractivity contribution in [1.82, 2.24) is 25.1 Å². The van der Waals surface area contributed by atoms with E-state index in [2.05, 4.69) is 15.5 Å². The summed E-state index contributed by atoms with van der Waals surface area (Å²) in [6.45, 7) is 2.73. The largest absolute Gasteiger partial charge is 0.376 e. The predicted molar refractivity (Wildman–Crippen MR) is 111 cm³/mol. The van der Waals surface area contributed by atoms with Crippen molar-refractivity contribution >= 4 is 27.5 Å². The number of carbonyl (C=O) groups excluding carboxylic acids is 1. The van der Waals surface area contributed by atoms with Crippen LogP contribution in [0.5, 0.6) is 0 Å². The summed E-state index contributed by atoms with van der Waals surface area (Å²) in [6, 6.07) is 9.05. The first-order chi connectivity index (χ1) is 14.4. The lowest BCUT2D eigenvalue weighted by Gasteiger charge is -2.31. The minimum atomic E-state index is -3.16. The van der Waals surface area contributed by atoms with Crippen LogP contribution in [0, 0.1) is 6.92 Å². The maximum atomic E-state index is 13.8. The third-order valence-corrected chi connectivity index (χ3v) is 7.26. The summed E-state index contributed by atoms with van der Waals surface area (Å²) >= 11 is 0. The minimum absolute atomic E-state index is 0.0291. The van der Waals surface area contributed by atoms with Crippen LogP contribution in [0.25, 0.3) is 11.8 Å². The second kappa shape index (κ2) is 8.65. The summed E-state index contributed by atoms with van der Waals surface area (Å²) in [6.07, 6.45) is 3.86. The molecule has 4 rings (SSSR count). The number of sulfone groups is 1. The van der Waals surface area contributed by atoms with Crippen molar-refractivity contribution < 1.29 is 17.9 Å². The lowest BCUT2D eigenvalue weighted by molar-refractivity contribution is -0.129. The van der Waals surface area contributed by atoms with Crippen molar-refractivity contribution in [2.75, 3.05) is 24.7 Å². The summed E-state index contributed by atoms with van der Waals surface area (Å²) in [5.74, 6) is 0.237. The molecular weight excluding hydrogens is 406 g/mol. The van der Waals surface area contributed by atoms with Gasteiger partial charge in [0.2, 0.25) is 0 Å². The molecule has 0 bridgehead atoms. The van der Waals surface area contributed by atoms with Crippen LogP contribution in [-0.2, 0) is 19.4 Å². The van der Waals surface area contributed by atoms with Crippen molar-refractivity contribution in [2.24, 2.45) is 0 Å². The highest BCUT2D eigenvalue weighted by atomic mass is 32.2. The standard InChI is InChI=1S/C20H25N5O4S/c1-15-21-22-23-25(15)19(12-16-6-3-2-4-7-16)20(26)24(13-18-8-5-10-29-18)17-9-11-30(27,28)14-17/h2-4,6-7,12,17-18H,5,8-11,13-14H2,1H3. The van der Waals surface area contributed by atoms with Gasteiger partial charge in [-0.1, -0.05) is 30.3 Å². The Kier molecular flexibility index (Phi) is 5.96. The summed E-state index contributed by atoms with van der Waals surface area (Å²) in [5.41, 5.74) is 1.11. The first kappa shape index (κ1) is 20.7. The monoisotopic (exact) mass is 431 g/mol. The van der Waals surface area contributed by atoms with Crippen LogP contribution in [0.15, 0.2) is 30.3 Å². The van der Waals surface area contributed by atoms with E-state index < -0.39 is 9.84 Å². The summed E-state index contributed by atoms with van der Waals surface area (Å²) in [5, 5.41) is 11.6. The molecule has 0 radical (unpaired) electrons. The number of carbonyl (C=O) groups is 1. The smallest absolute Gasteiger partial charge is 0.273 e. The van der Waals surface area contributed by atoms with Gasteiger partial charge in [-0.05, 0) is 48.3 Å². The highest BCUT2D eigenvalue weighted by Gasteiger charge is 2.38. The molecule has 2 unspecified atom stereocenters. The van der Waals surface area contributed by atoms with Crippen LogP contribution in [0.3, 0.4) is 0 Å². The molecule has 0 spiro atoms. The minimum Gasteiger partial charge on any atom is -0.376 e. The van der Waals surface area contributed by atoms with Crippen molar-refractivity contribution in [1.29, 1.82) is 0 Å². The SMILES string of the molecule is Cc1nnnn1C(=Cc1ccccc1)C(=O)N(CC1CCCO1)C1CCS(=O)(=O)C1. The number of amides is 1. The number of tetrazole rings is 1. The quantitative estimate of drug-likeness (QED) is 0.632. The first-order valence-corrected chi connectivity index (χ1v) is 11.9. The van der Waals surface area contributed by atoms with E-state index in [-0.39, 0.29) is 35.3 Å². The Morgan fingerprint density at radius 1 is 1.30 bits per heavy atom. The number of hydrogen-bond acceptors (Lipinski definition) is 7. The molecule has 0 N–H and O–H groups in total. The predicted octanol–water partition coefficient (Wildman–Crippen LogP) is 1.17. The lowest BCUT2D eigenvalue weighted by atomic mass is 10.1. The number of nitrogens with zero attached hydrogens (tertiary/aromatic N) is 5. The highest BCUT2D eigenvalue weighted by molar-refractivity contribution is 7.91. The molecule has 3 heterocycles. The fraction of sp³-hybridized carbons (Fsp3) is 0.500. The van der Waals surface area contributed by atoms with Gasteiger partial charge in [0, 0.05) is 19.2 Å². The number of aromatic nitrogens is 4. The van der Waals surface area contributed by atoms with Gasteiger partial charge in [0.25, 0.3) is 5.91 Å². The highest BCUT2D eigenvalue weighted by Crippen LogP contribution is 2.25. The van der Waals surface area contributed by atoms with Gasteiger partial charge in [-0.15, -0.1) is 5.10 Å². The van der Waals surface area contributed by atoms with E-state index in [0.29, 0.717) is 25.4 Å². The van der Waals surface area contributed by atoms with Gasteiger partial charge in [-0.3, -0.25) is 4.79 Å². The molecule has 2 saturated heterocycles. The molecule has 160 valence electrons. The molecule has 1 amide bonds. The van der Waals surface area contributed by atoms with Crippen molar-refractivity contribution in [2.45, 2.75) is 38.3 Å². The van der Waals surface area contributed by atoms with Gasteiger partial charge in [0.05, 0.1) is 17.6 Å². The van der Waals surface area contributed by atoms with Crippen LogP contribution in [0.1, 0.15) is 30.7 Å². The Hall–Kier alpha value is -2.59. The zero-order valence-corrected chi connectivity index (χ0v) is 17.7. The molecule has 9 nitrogen and oxygen atoms in total. The van der Waals surface area contributed by atoms with Crippen LogP contribution >= 0.6 is 0 Å². The van der Waals surface area contributed by atoms with Gasteiger partial charge in [-0.25, -0.2) is 8.42 Å². The van der Waals surface area contributed by atoms with E-state index in [4.69, 9.17) is 4.74 Å². The Morgan fingerprint density at radius 2 is 2.10 bits per heavy atom. The van der Waals surface area contributed by atoms with Gasteiger partial charge in [-0.2, -0.15) is 4.68 Å². The number of hydrogen-bond donors (Lipinski definition) is 0. The molecule has 1 aromatic heterocycles. The molecular formula is C20H25N5O4S. The molecule has 10 heteroatoms. The normalized spacial score (nSPS) is 23.6. The van der Waals surface area contributed by atoms with E-state index in [0.717, 1.165) is 18.4 Å². The Morgan fingerprint density at radius 3 is 2.70 bits per heavy atom. The van der Waals surface area contributed by atoms with Crippen LogP contribution in [0.2, 0.25) is 0 Å². The number of aryl methyl sites for hydroxylation is 1. The molecule has 2 aromatic rings. The van der Waals surface area contributed by atoms with Crippen molar-refractivity contribution in [3.05, 3.63) is 41.7 Å². The fourth-order valence-electron chi connectivity index (χ4n) is 3.95. The van der Waals surface area contributed by atoms with Crippen molar-refractivity contribution in [3.8, 4) is 0 Å². The van der Waals surface area contributed by atoms with E-state index in [1.165, 1.54) is 4.68 Å². The molecule has 2 aliphatic heterocycles. The maximum absolute atomic E-state index is 13.8. The van der Waals surface area contributed by atoms with Crippen LogP contribution in [-0.4, -0.2) is 76.2 Å². The van der Waals surface area contributed by atoms with Gasteiger partial charge in [0.15, 0.2) is 15.7 Å². The molecule has 30 heavy (non-hydrogen) atoms. The Labute approximate surface area is 175 Å². The molecule has 0 aliphatic carbocycles. The lowest BCUT2D eigenvalue weighted by Crippen LogP contribution is -2.46. The summed E-state index contributed by atoms with van der Waals surface area (Å²) in [7, 11) is -3.16. The zero-order valence-electron chi connectivity index (χ0n) is 16.8. The van der Waals surface area contributed by atoms with E-state index in [9.17, 15) is 13.2 Å². The summed E-state index contributed by atoms with van der Waals surface area (Å²) in [4.78, 5) is 15.4. The molecule has 2 aliphatic rings. The number of ether oxygens (including phenoxy) is 1. The molecule has 2 fully saturated rings. The molecule has 0 saturated carbocycles. The second-order valence-electron chi connectivity index (χ2n) is 7.73. The molecule has 2 atom stereocenters. The second-order valence-corrected chi connectivity index (χ2v) is 9.96. The Bertz CT molecular complexity index is 1030. The first-order valence-electron chi connectivity index (χ1n) is 10.1. The molecule has 1 aromatic carbocycles. The van der Waals surface area contributed by atoms with E-state index in [1.54, 1.807) is 17.9 Å². The van der Waals surface area contributed by atoms with Crippen LogP contribution < -0.4 is 0 Å². The number of rotatable bonds is 6. The average Bonchev–Trinajstić information content (AvgIpc) is 3.46. The topological polar surface area (TPSA) is 107 Å². The van der Waals surface area contributed by atoms with Crippen LogP contribution in [0.4, 0.5) is 0 Å². The zero-order chi connectivity index (χ0) is 21.1. The Balaban J connectivity index is 1.71. The number of benzene rings is 1. The van der Waals surface area contributed by atoms with E-state index >= 15 is 0 Å². The fourth-order valence-corrected chi connectivity index (χ4v) is 5.68. The van der Waals surface area contributed by atoms with Gasteiger partial charge >= 0.3 is 0 Å². The van der Waals surface area contributed by atoms with Crippen molar-refractivity contribution in [3.63, 3.8) is 0 Å². The third kappa shape index (κ3) is 4.59. The van der Waals surface area contributed by atoms with E-state index in [1.807, 2.05) is 30.3 Å².